The lowest BCUT2D eigenvalue weighted by Gasteiger charge is -2.09. The van der Waals surface area contributed by atoms with Crippen molar-refractivity contribution in [1.82, 2.24) is 0 Å². The SMILES string of the molecule is CC(CF)c1cccc([N+](=O)[O-])c1Br. The van der Waals surface area contributed by atoms with Crippen LogP contribution in [0.3, 0.4) is 0 Å². The van der Waals surface area contributed by atoms with Gasteiger partial charge >= 0.3 is 0 Å². The highest BCUT2D eigenvalue weighted by molar-refractivity contribution is 9.10. The lowest BCUT2D eigenvalue weighted by Crippen LogP contribution is -1.99. The number of nitrogens with zero attached hydrogens (tertiary/aromatic N) is 1. The molecular weight excluding hydrogens is 253 g/mol. The Hall–Kier alpha value is -0.970. The number of alkyl halides is 1. The highest BCUT2D eigenvalue weighted by atomic mass is 79.9. The zero-order chi connectivity index (χ0) is 10.7. The smallest absolute Gasteiger partial charge is 0.258 e. The molecule has 0 aliphatic carbocycles. The summed E-state index contributed by atoms with van der Waals surface area (Å²) >= 11 is 3.11. The molecule has 0 amide bonds. The maximum atomic E-state index is 12.4. The zero-order valence-electron chi connectivity index (χ0n) is 7.54. The number of rotatable bonds is 3. The maximum Gasteiger partial charge on any atom is 0.283 e. The summed E-state index contributed by atoms with van der Waals surface area (Å²) in [4.78, 5) is 10.1. The number of benzene rings is 1. The van der Waals surface area contributed by atoms with Gasteiger partial charge in [-0.15, -0.1) is 0 Å². The first-order chi connectivity index (χ1) is 6.57. The van der Waals surface area contributed by atoms with E-state index < -0.39 is 11.6 Å². The van der Waals surface area contributed by atoms with Crippen molar-refractivity contribution in [2.24, 2.45) is 0 Å². The number of hydrogen-bond acceptors (Lipinski definition) is 2. The number of halogens is 2. The van der Waals surface area contributed by atoms with Crippen molar-refractivity contribution in [2.45, 2.75) is 12.8 Å². The van der Waals surface area contributed by atoms with E-state index in [2.05, 4.69) is 15.9 Å². The summed E-state index contributed by atoms with van der Waals surface area (Å²) in [6.07, 6.45) is 0. The van der Waals surface area contributed by atoms with Crippen molar-refractivity contribution in [3.8, 4) is 0 Å². The summed E-state index contributed by atoms with van der Waals surface area (Å²) in [6, 6.07) is 4.63. The molecule has 14 heavy (non-hydrogen) atoms. The summed E-state index contributed by atoms with van der Waals surface area (Å²) in [6.45, 7) is 1.16. The second-order valence-electron chi connectivity index (χ2n) is 2.99. The van der Waals surface area contributed by atoms with Gasteiger partial charge in [0.05, 0.1) is 16.1 Å². The molecule has 0 bridgehead atoms. The number of nitro groups is 1. The van der Waals surface area contributed by atoms with E-state index in [0.717, 1.165) is 0 Å². The monoisotopic (exact) mass is 261 g/mol. The van der Waals surface area contributed by atoms with E-state index in [1.54, 1.807) is 19.1 Å². The van der Waals surface area contributed by atoms with Gasteiger partial charge in [0.15, 0.2) is 0 Å². The van der Waals surface area contributed by atoms with E-state index >= 15 is 0 Å². The summed E-state index contributed by atoms with van der Waals surface area (Å²) in [5, 5.41) is 10.6. The molecule has 0 radical (unpaired) electrons. The molecule has 76 valence electrons. The molecule has 5 heteroatoms. The first kappa shape index (κ1) is 11.1. The van der Waals surface area contributed by atoms with Crippen LogP contribution in [0.4, 0.5) is 10.1 Å². The van der Waals surface area contributed by atoms with Gasteiger partial charge in [-0.1, -0.05) is 19.1 Å². The molecule has 0 aromatic heterocycles. The number of nitro benzene ring substituents is 1. The summed E-state index contributed by atoms with van der Waals surface area (Å²) in [5.74, 6) is -0.329. The van der Waals surface area contributed by atoms with Crippen LogP contribution in [0.15, 0.2) is 22.7 Å². The molecule has 0 fully saturated rings. The molecule has 0 N–H and O–H groups in total. The van der Waals surface area contributed by atoms with Crippen LogP contribution >= 0.6 is 15.9 Å². The summed E-state index contributed by atoms with van der Waals surface area (Å²) in [5.41, 5.74) is 0.601. The Labute approximate surface area is 89.2 Å². The Morgan fingerprint density at radius 2 is 2.29 bits per heavy atom. The van der Waals surface area contributed by atoms with E-state index in [-0.39, 0.29) is 11.6 Å². The zero-order valence-corrected chi connectivity index (χ0v) is 9.12. The minimum absolute atomic E-state index is 0.0252. The van der Waals surface area contributed by atoms with Gasteiger partial charge in [0.2, 0.25) is 0 Å². The lowest BCUT2D eigenvalue weighted by molar-refractivity contribution is -0.385. The maximum absolute atomic E-state index is 12.4. The Balaban J connectivity index is 3.20. The Kier molecular flexibility index (Phi) is 3.57. The van der Waals surface area contributed by atoms with Gasteiger partial charge < -0.3 is 0 Å². The van der Waals surface area contributed by atoms with Crippen LogP contribution in [-0.2, 0) is 0 Å². The van der Waals surface area contributed by atoms with Crippen LogP contribution < -0.4 is 0 Å². The van der Waals surface area contributed by atoms with Crippen molar-refractivity contribution in [2.75, 3.05) is 6.67 Å². The van der Waals surface area contributed by atoms with E-state index in [4.69, 9.17) is 0 Å². The third-order valence-corrected chi connectivity index (χ3v) is 2.83. The molecule has 0 heterocycles. The average Bonchev–Trinajstić information content (AvgIpc) is 2.16. The van der Waals surface area contributed by atoms with Gasteiger partial charge in [-0.25, -0.2) is 0 Å². The molecule has 0 aliphatic heterocycles. The van der Waals surface area contributed by atoms with Gasteiger partial charge in [0, 0.05) is 12.0 Å². The molecular formula is C9H9BrFNO2. The first-order valence-corrected chi connectivity index (χ1v) is 4.86. The Morgan fingerprint density at radius 3 is 2.79 bits per heavy atom. The summed E-state index contributed by atoms with van der Waals surface area (Å²) < 4.78 is 12.8. The highest BCUT2D eigenvalue weighted by Gasteiger charge is 2.18. The average molecular weight is 262 g/mol. The summed E-state index contributed by atoms with van der Waals surface area (Å²) in [7, 11) is 0. The molecule has 1 aromatic carbocycles. The molecule has 0 spiro atoms. The van der Waals surface area contributed by atoms with Crippen molar-refractivity contribution >= 4 is 21.6 Å². The van der Waals surface area contributed by atoms with E-state index in [0.29, 0.717) is 10.0 Å². The molecule has 3 nitrogen and oxygen atoms in total. The second kappa shape index (κ2) is 4.50. The van der Waals surface area contributed by atoms with Gasteiger partial charge in [-0.2, -0.15) is 0 Å². The van der Waals surface area contributed by atoms with Crippen LogP contribution in [0.25, 0.3) is 0 Å². The standard InChI is InChI=1S/C9H9BrFNO2/c1-6(5-11)7-3-2-4-8(9(7)10)12(13)14/h2-4,6H,5H2,1H3. The highest BCUT2D eigenvalue weighted by Crippen LogP contribution is 2.32. The van der Waals surface area contributed by atoms with Crippen LogP contribution in [0, 0.1) is 10.1 Å². The normalized spacial score (nSPS) is 12.5. The van der Waals surface area contributed by atoms with Crippen LogP contribution in [-0.4, -0.2) is 11.6 Å². The third-order valence-electron chi connectivity index (χ3n) is 1.97. The predicted octanol–water partition coefficient (Wildman–Crippen LogP) is 3.43. The fraction of sp³-hybridized carbons (Fsp3) is 0.333. The predicted molar refractivity (Wildman–Crippen MR) is 55.2 cm³/mol. The quantitative estimate of drug-likeness (QED) is 0.618. The third kappa shape index (κ3) is 2.09. The van der Waals surface area contributed by atoms with Crippen LogP contribution in [0.5, 0.6) is 0 Å². The van der Waals surface area contributed by atoms with E-state index in [1.807, 2.05) is 0 Å². The second-order valence-corrected chi connectivity index (χ2v) is 3.79. The Morgan fingerprint density at radius 1 is 1.64 bits per heavy atom. The van der Waals surface area contributed by atoms with Gasteiger partial charge in [-0.05, 0) is 21.5 Å². The number of hydrogen-bond donors (Lipinski definition) is 0. The van der Waals surface area contributed by atoms with Crippen molar-refractivity contribution in [3.63, 3.8) is 0 Å². The fourth-order valence-electron chi connectivity index (χ4n) is 1.14. The molecule has 1 atom stereocenters. The molecule has 1 aromatic rings. The van der Waals surface area contributed by atoms with Gasteiger partial charge in [0.25, 0.3) is 5.69 Å². The van der Waals surface area contributed by atoms with Crippen LogP contribution in [0.1, 0.15) is 18.4 Å². The first-order valence-electron chi connectivity index (χ1n) is 4.06. The minimum Gasteiger partial charge on any atom is -0.258 e. The molecule has 0 saturated heterocycles. The van der Waals surface area contributed by atoms with Crippen molar-refractivity contribution < 1.29 is 9.31 Å². The van der Waals surface area contributed by atoms with Gasteiger partial charge in [-0.3, -0.25) is 14.5 Å². The lowest BCUT2D eigenvalue weighted by atomic mass is 10.0. The van der Waals surface area contributed by atoms with Crippen molar-refractivity contribution in [3.05, 3.63) is 38.3 Å². The largest absolute Gasteiger partial charge is 0.283 e. The minimum atomic E-state index is -0.528. The Bertz CT molecular complexity index is 357. The van der Waals surface area contributed by atoms with E-state index in [1.165, 1.54) is 6.07 Å². The van der Waals surface area contributed by atoms with Gasteiger partial charge in [0.1, 0.15) is 0 Å². The van der Waals surface area contributed by atoms with Crippen LogP contribution in [0.2, 0.25) is 0 Å². The fourth-order valence-corrected chi connectivity index (χ4v) is 1.94. The topological polar surface area (TPSA) is 43.1 Å². The molecule has 0 saturated carbocycles. The van der Waals surface area contributed by atoms with Crippen molar-refractivity contribution in [1.29, 1.82) is 0 Å². The molecule has 0 aliphatic rings. The molecule has 1 rings (SSSR count). The van der Waals surface area contributed by atoms with E-state index in [9.17, 15) is 14.5 Å². The molecule has 1 unspecified atom stereocenters.